The summed E-state index contributed by atoms with van der Waals surface area (Å²) in [6, 6.07) is 12.6. The summed E-state index contributed by atoms with van der Waals surface area (Å²) in [5.74, 6) is 0. The Hall–Kier alpha value is -2.14. The molecule has 0 aliphatic rings. The number of sulfonamides is 1. The number of hydrazone groups is 1. The number of nitrogens with one attached hydrogen (secondary N) is 1. The molecule has 4 nitrogen and oxygen atoms in total. The molecule has 1 N–H and O–H groups in total. The highest BCUT2D eigenvalue weighted by Gasteiger charge is 2.13. The molecule has 2 aromatic rings. The Morgan fingerprint density at radius 1 is 0.952 bits per heavy atom. The van der Waals surface area contributed by atoms with Gasteiger partial charge in [-0.15, -0.1) is 0 Å². The monoisotopic (exact) mass is 302 g/mol. The summed E-state index contributed by atoms with van der Waals surface area (Å²) < 4.78 is 24.3. The molecule has 0 unspecified atom stereocenters. The third-order valence-electron chi connectivity index (χ3n) is 3.35. The van der Waals surface area contributed by atoms with Crippen molar-refractivity contribution in [3.8, 4) is 0 Å². The van der Waals surface area contributed by atoms with E-state index in [-0.39, 0.29) is 4.90 Å². The van der Waals surface area contributed by atoms with Crippen LogP contribution in [0, 0.1) is 20.8 Å². The fourth-order valence-electron chi connectivity index (χ4n) is 1.83. The van der Waals surface area contributed by atoms with Crippen LogP contribution in [0.1, 0.15) is 22.3 Å². The average molecular weight is 302 g/mol. The van der Waals surface area contributed by atoms with Gasteiger partial charge in [0.1, 0.15) is 0 Å². The van der Waals surface area contributed by atoms with Crippen molar-refractivity contribution >= 4 is 16.2 Å². The Labute approximate surface area is 125 Å². The molecular weight excluding hydrogens is 284 g/mol. The van der Waals surface area contributed by atoms with Crippen LogP contribution in [0.15, 0.2) is 52.5 Å². The van der Waals surface area contributed by atoms with Crippen molar-refractivity contribution in [1.29, 1.82) is 0 Å². The Kier molecular flexibility index (Phi) is 4.43. The van der Waals surface area contributed by atoms with E-state index in [9.17, 15) is 8.42 Å². The second-order valence-corrected chi connectivity index (χ2v) is 6.62. The lowest BCUT2D eigenvalue weighted by molar-refractivity contribution is 0.584. The van der Waals surface area contributed by atoms with E-state index < -0.39 is 10.0 Å². The Morgan fingerprint density at radius 3 is 2.33 bits per heavy atom. The molecule has 2 rings (SSSR count). The first-order chi connectivity index (χ1) is 9.90. The van der Waals surface area contributed by atoms with Gasteiger partial charge in [-0.2, -0.15) is 13.5 Å². The zero-order valence-corrected chi connectivity index (χ0v) is 13.1. The average Bonchev–Trinajstić information content (AvgIpc) is 2.44. The number of hydrogen-bond donors (Lipinski definition) is 1. The molecule has 0 saturated carbocycles. The van der Waals surface area contributed by atoms with Crippen molar-refractivity contribution in [2.75, 3.05) is 0 Å². The summed E-state index contributed by atoms with van der Waals surface area (Å²) in [7, 11) is -3.63. The van der Waals surface area contributed by atoms with E-state index in [1.807, 2.05) is 45.0 Å². The smallest absolute Gasteiger partial charge is 0.200 e. The molecule has 0 atom stereocenters. The van der Waals surface area contributed by atoms with Crippen molar-refractivity contribution in [3.63, 3.8) is 0 Å². The summed E-state index contributed by atoms with van der Waals surface area (Å²) in [5, 5.41) is 3.84. The SMILES string of the molecule is Cc1ccc(S(=O)(=O)N/N=C/c2ccccc2C)cc1C. The van der Waals surface area contributed by atoms with Gasteiger partial charge in [-0.05, 0) is 55.2 Å². The molecule has 0 aliphatic carbocycles. The van der Waals surface area contributed by atoms with Crippen LogP contribution in [0.3, 0.4) is 0 Å². The minimum Gasteiger partial charge on any atom is -0.200 e. The van der Waals surface area contributed by atoms with Crippen LogP contribution in [-0.4, -0.2) is 14.6 Å². The lowest BCUT2D eigenvalue weighted by atomic mass is 10.1. The molecule has 0 aliphatic heterocycles. The molecule has 0 aromatic heterocycles. The van der Waals surface area contributed by atoms with Crippen molar-refractivity contribution in [3.05, 3.63) is 64.7 Å². The molecule has 5 heteroatoms. The van der Waals surface area contributed by atoms with Gasteiger partial charge in [0.25, 0.3) is 10.0 Å². The fraction of sp³-hybridized carbons (Fsp3) is 0.188. The first-order valence-electron chi connectivity index (χ1n) is 6.58. The number of aryl methyl sites for hydroxylation is 3. The van der Waals surface area contributed by atoms with Crippen molar-refractivity contribution in [2.24, 2.45) is 5.10 Å². The van der Waals surface area contributed by atoms with Crippen LogP contribution in [0.25, 0.3) is 0 Å². The van der Waals surface area contributed by atoms with Gasteiger partial charge in [-0.3, -0.25) is 0 Å². The van der Waals surface area contributed by atoms with Gasteiger partial charge in [0.15, 0.2) is 0 Å². The molecule has 0 spiro atoms. The first-order valence-corrected chi connectivity index (χ1v) is 8.06. The van der Waals surface area contributed by atoms with E-state index in [0.717, 1.165) is 22.3 Å². The van der Waals surface area contributed by atoms with Crippen molar-refractivity contribution in [1.82, 2.24) is 4.83 Å². The molecule has 0 radical (unpaired) electrons. The molecule has 21 heavy (non-hydrogen) atoms. The van der Waals surface area contributed by atoms with Gasteiger partial charge in [-0.1, -0.05) is 30.3 Å². The second kappa shape index (κ2) is 6.10. The molecule has 0 bridgehead atoms. The van der Waals surface area contributed by atoms with E-state index in [1.165, 1.54) is 6.21 Å². The summed E-state index contributed by atoms with van der Waals surface area (Å²) in [6.07, 6.45) is 1.51. The van der Waals surface area contributed by atoms with Crippen molar-refractivity contribution in [2.45, 2.75) is 25.7 Å². The topological polar surface area (TPSA) is 58.5 Å². The van der Waals surface area contributed by atoms with Crippen LogP contribution in [0.4, 0.5) is 0 Å². The van der Waals surface area contributed by atoms with E-state index in [2.05, 4.69) is 9.93 Å². The fourth-order valence-corrected chi connectivity index (χ4v) is 2.71. The van der Waals surface area contributed by atoms with Gasteiger partial charge < -0.3 is 0 Å². The molecular formula is C16H18N2O2S. The van der Waals surface area contributed by atoms with E-state index >= 15 is 0 Å². The van der Waals surface area contributed by atoms with Crippen LogP contribution < -0.4 is 4.83 Å². The van der Waals surface area contributed by atoms with Crippen LogP contribution in [-0.2, 0) is 10.0 Å². The van der Waals surface area contributed by atoms with Gasteiger partial charge in [0.2, 0.25) is 0 Å². The van der Waals surface area contributed by atoms with Crippen LogP contribution in [0.5, 0.6) is 0 Å². The molecule has 2 aromatic carbocycles. The lowest BCUT2D eigenvalue weighted by Gasteiger charge is -2.06. The summed E-state index contributed by atoms with van der Waals surface area (Å²) >= 11 is 0. The zero-order valence-electron chi connectivity index (χ0n) is 12.3. The zero-order chi connectivity index (χ0) is 15.5. The quantitative estimate of drug-likeness (QED) is 0.697. The summed E-state index contributed by atoms with van der Waals surface area (Å²) in [5.41, 5.74) is 3.89. The van der Waals surface area contributed by atoms with Gasteiger partial charge >= 0.3 is 0 Å². The van der Waals surface area contributed by atoms with E-state index in [4.69, 9.17) is 0 Å². The largest absolute Gasteiger partial charge is 0.276 e. The number of nitrogens with zero attached hydrogens (tertiary/aromatic N) is 1. The third kappa shape index (κ3) is 3.70. The third-order valence-corrected chi connectivity index (χ3v) is 4.57. The van der Waals surface area contributed by atoms with Crippen LogP contribution >= 0.6 is 0 Å². The van der Waals surface area contributed by atoms with E-state index in [0.29, 0.717) is 0 Å². The first kappa shape index (κ1) is 15.3. The predicted molar refractivity (Wildman–Crippen MR) is 85.0 cm³/mol. The maximum absolute atomic E-state index is 12.1. The lowest BCUT2D eigenvalue weighted by Crippen LogP contribution is -2.18. The highest BCUT2D eigenvalue weighted by atomic mass is 32.2. The predicted octanol–water partition coefficient (Wildman–Crippen LogP) is 2.92. The second-order valence-electron chi connectivity index (χ2n) is 4.96. The normalized spacial score (nSPS) is 11.8. The van der Waals surface area contributed by atoms with Crippen molar-refractivity contribution < 1.29 is 8.42 Å². The van der Waals surface area contributed by atoms with Gasteiger partial charge in [0.05, 0.1) is 11.1 Å². The highest BCUT2D eigenvalue weighted by Crippen LogP contribution is 2.14. The summed E-state index contributed by atoms with van der Waals surface area (Å²) in [4.78, 5) is 2.45. The maximum Gasteiger partial charge on any atom is 0.276 e. The van der Waals surface area contributed by atoms with Gasteiger partial charge in [-0.25, -0.2) is 4.83 Å². The van der Waals surface area contributed by atoms with E-state index in [1.54, 1.807) is 18.2 Å². The molecule has 0 heterocycles. The number of hydrogen-bond acceptors (Lipinski definition) is 3. The Bertz CT molecular complexity index is 781. The minimum absolute atomic E-state index is 0.215. The number of rotatable bonds is 4. The van der Waals surface area contributed by atoms with Gasteiger partial charge in [0, 0.05) is 0 Å². The molecule has 0 fully saturated rings. The summed E-state index contributed by atoms with van der Waals surface area (Å²) in [6.45, 7) is 5.76. The molecule has 0 saturated heterocycles. The minimum atomic E-state index is -3.63. The highest BCUT2D eigenvalue weighted by molar-refractivity contribution is 7.89. The Morgan fingerprint density at radius 2 is 1.67 bits per heavy atom. The maximum atomic E-state index is 12.1. The molecule has 110 valence electrons. The standard InChI is InChI=1S/C16H18N2O2S/c1-12-8-9-16(10-14(12)3)21(19,20)18-17-11-15-7-5-4-6-13(15)2/h4-11,18H,1-3H3/b17-11+. The number of benzene rings is 2. The molecule has 0 amide bonds. The Balaban J connectivity index is 2.18. The van der Waals surface area contributed by atoms with Crippen LogP contribution in [0.2, 0.25) is 0 Å².